The van der Waals surface area contributed by atoms with Gasteiger partial charge in [-0.2, -0.15) is 0 Å². The molecule has 0 saturated carbocycles. The summed E-state index contributed by atoms with van der Waals surface area (Å²) >= 11 is 4.49. The van der Waals surface area contributed by atoms with E-state index in [1.165, 1.54) is 23.5 Å². The Hall–Kier alpha value is -1.12. The van der Waals surface area contributed by atoms with Gasteiger partial charge in [0.2, 0.25) is 0 Å². The van der Waals surface area contributed by atoms with Crippen LogP contribution < -0.4 is 10.5 Å². The largest absolute Gasteiger partial charge is 0.398 e. The van der Waals surface area contributed by atoms with Crippen LogP contribution in [-0.4, -0.2) is 13.4 Å². The number of nitrogens with two attached hydrogens (primary N) is 1. The van der Waals surface area contributed by atoms with Gasteiger partial charge in [0.25, 0.3) is 10.0 Å². The molecule has 2 aromatic rings. The van der Waals surface area contributed by atoms with Crippen LogP contribution in [0.4, 0.5) is 10.8 Å². The van der Waals surface area contributed by atoms with E-state index in [9.17, 15) is 8.42 Å². The average molecular weight is 390 g/mol. The van der Waals surface area contributed by atoms with Gasteiger partial charge in [0.05, 0.1) is 10.6 Å². The zero-order valence-corrected chi connectivity index (χ0v) is 15.1. The maximum absolute atomic E-state index is 12.3. The van der Waals surface area contributed by atoms with Crippen molar-refractivity contribution in [2.75, 3.05) is 10.5 Å². The number of rotatable bonds is 3. The molecule has 0 saturated heterocycles. The minimum Gasteiger partial charge on any atom is -0.398 e. The third-order valence-electron chi connectivity index (χ3n) is 2.78. The van der Waals surface area contributed by atoms with Gasteiger partial charge in [0, 0.05) is 21.0 Å². The van der Waals surface area contributed by atoms with E-state index < -0.39 is 10.0 Å². The smallest absolute Gasteiger partial charge is 0.263 e. The van der Waals surface area contributed by atoms with Crippen LogP contribution in [0.2, 0.25) is 0 Å². The van der Waals surface area contributed by atoms with Gasteiger partial charge >= 0.3 is 0 Å². The number of benzene rings is 1. The summed E-state index contributed by atoms with van der Waals surface area (Å²) < 4.78 is 27.7. The molecule has 114 valence electrons. The quantitative estimate of drug-likeness (QED) is 0.785. The zero-order valence-electron chi connectivity index (χ0n) is 11.8. The predicted molar refractivity (Wildman–Crippen MR) is 90.2 cm³/mol. The molecule has 0 amide bonds. The number of hydrogen-bond donors (Lipinski definition) is 2. The van der Waals surface area contributed by atoms with Crippen LogP contribution in [0.15, 0.2) is 32.9 Å². The highest BCUT2D eigenvalue weighted by Crippen LogP contribution is 2.29. The zero-order chi connectivity index (χ0) is 15.8. The van der Waals surface area contributed by atoms with E-state index in [1.807, 2.05) is 26.2 Å². The summed E-state index contributed by atoms with van der Waals surface area (Å²) in [5, 5.41) is 2.21. The standard InChI is InChI=1S/C13H16BrN3O2S2/c1-13(2,3)11-7-20-12(16-11)17-21(18,19)8-4-5-10(15)9(14)6-8/h4-7H,15H2,1-3H3,(H,16,17). The van der Waals surface area contributed by atoms with Gasteiger partial charge < -0.3 is 5.73 Å². The molecule has 0 aliphatic carbocycles. The fraction of sp³-hybridized carbons (Fsp3) is 0.308. The van der Waals surface area contributed by atoms with E-state index in [2.05, 4.69) is 25.6 Å². The number of aromatic nitrogens is 1. The minimum absolute atomic E-state index is 0.121. The molecule has 0 aliphatic rings. The van der Waals surface area contributed by atoms with Crippen LogP contribution >= 0.6 is 27.3 Å². The summed E-state index contributed by atoms with van der Waals surface area (Å²) in [6, 6.07) is 4.47. The molecular formula is C13H16BrN3O2S2. The van der Waals surface area contributed by atoms with Gasteiger partial charge in [0.1, 0.15) is 0 Å². The molecular weight excluding hydrogens is 374 g/mol. The Morgan fingerprint density at radius 3 is 2.52 bits per heavy atom. The Bertz CT molecular complexity index is 764. The molecule has 0 atom stereocenters. The van der Waals surface area contributed by atoms with Gasteiger partial charge in [-0.05, 0) is 34.1 Å². The molecule has 8 heteroatoms. The first-order valence-electron chi connectivity index (χ1n) is 6.13. The minimum atomic E-state index is -3.67. The molecule has 5 nitrogen and oxygen atoms in total. The van der Waals surface area contributed by atoms with Crippen LogP contribution in [0.3, 0.4) is 0 Å². The Labute approximate surface area is 136 Å². The van der Waals surface area contributed by atoms with Crippen LogP contribution in [0.5, 0.6) is 0 Å². The van der Waals surface area contributed by atoms with Crippen molar-refractivity contribution < 1.29 is 8.42 Å². The molecule has 1 aromatic carbocycles. The number of thiazole rings is 1. The number of hydrogen-bond acceptors (Lipinski definition) is 5. The van der Waals surface area contributed by atoms with E-state index in [0.717, 1.165) is 5.69 Å². The van der Waals surface area contributed by atoms with E-state index in [1.54, 1.807) is 6.07 Å². The molecule has 1 heterocycles. The lowest BCUT2D eigenvalue weighted by Gasteiger charge is -2.14. The highest BCUT2D eigenvalue weighted by Gasteiger charge is 2.21. The first-order chi connectivity index (χ1) is 9.59. The van der Waals surface area contributed by atoms with Gasteiger partial charge in [-0.1, -0.05) is 20.8 Å². The predicted octanol–water partition coefficient (Wildman–Crippen LogP) is 3.59. The highest BCUT2D eigenvalue weighted by molar-refractivity contribution is 9.10. The molecule has 0 bridgehead atoms. The van der Waals surface area contributed by atoms with Gasteiger partial charge in [-0.15, -0.1) is 11.3 Å². The topological polar surface area (TPSA) is 85.1 Å². The highest BCUT2D eigenvalue weighted by atomic mass is 79.9. The molecule has 2 rings (SSSR count). The lowest BCUT2D eigenvalue weighted by atomic mass is 9.93. The molecule has 0 radical (unpaired) electrons. The second kappa shape index (κ2) is 5.58. The van der Waals surface area contributed by atoms with Gasteiger partial charge in [-0.25, -0.2) is 13.4 Å². The van der Waals surface area contributed by atoms with Crippen LogP contribution in [0.25, 0.3) is 0 Å². The van der Waals surface area contributed by atoms with Gasteiger partial charge in [0.15, 0.2) is 5.13 Å². The summed E-state index contributed by atoms with van der Waals surface area (Å²) in [4.78, 5) is 4.46. The van der Waals surface area contributed by atoms with Crippen molar-refractivity contribution in [2.45, 2.75) is 31.1 Å². The van der Waals surface area contributed by atoms with Crippen LogP contribution in [-0.2, 0) is 15.4 Å². The van der Waals surface area contributed by atoms with Crippen molar-refractivity contribution in [1.82, 2.24) is 4.98 Å². The van der Waals surface area contributed by atoms with Gasteiger partial charge in [-0.3, -0.25) is 4.72 Å². The Morgan fingerprint density at radius 2 is 2.00 bits per heavy atom. The van der Waals surface area contributed by atoms with Crippen LogP contribution in [0.1, 0.15) is 26.5 Å². The fourth-order valence-electron chi connectivity index (χ4n) is 1.51. The Kier molecular flexibility index (Phi) is 4.32. The molecule has 1 aromatic heterocycles. The van der Waals surface area contributed by atoms with Crippen molar-refractivity contribution in [3.05, 3.63) is 33.7 Å². The molecule has 21 heavy (non-hydrogen) atoms. The van der Waals surface area contributed by atoms with E-state index >= 15 is 0 Å². The van der Waals surface area contributed by atoms with E-state index in [0.29, 0.717) is 15.3 Å². The monoisotopic (exact) mass is 389 g/mol. The average Bonchev–Trinajstić information content (AvgIpc) is 2.80. The normalized spacial score (nSPS) is 12.4. The van der Waals surface area contributed by atoms with Crippen molar-refractivity contribution in [3.8, 4) is 0 Å². The molecule has 0 unspecified atom stereocenters. The first kappa shape index (κ1) is 16.3. The molecule has 0 aliphatic heterocycles. The maximum Gasteiger partial charge on any atom is 0.263 e. The summed E-state index contributed by atoms with van der Waals surface area (Å²) in [7, 11) is -3.67. The van der Waals surface area contributed by atoms with Crippen molar-refractivity contribution in [2.24, 2.45) is 0 Å². The SMILES string of the molecule is CC(C)(C)c1csc(NS(=O)(=O)c2ccc(N)c(Br)c2)n1. The molecule has 0 fully saturated rings. The third-order valence-corrected chi connectivity index (χ3v) is 5.69. The number of nitrogens with zero attached hydrogens (tertiary/aromatic N) is 1. The first-order valence-corrected chi connectivity index (χ1v) is 9.29. The number of nitrogens with one attached hydrogen (secondary N) is 1. The van der Waals surface area contributed by atoms with Crippen molar-refractivity contribution in [1.29, 1.82) is 0 Å². The van der Waals surface area contributed by atoms with Crippen molar-refractivity contribution in [3.63, 3.8) is 0 Å². The summed E-state index contributed by atoms with van der Waals surface area (Å²) in [5.41, 5.74) is 6.88. The number of anilines is 2. The molecule has 0 spiro atoms. The Balaban J connectivity index is 2.29. The van der Waals surface area contributed by atoms with E-state index in [-0.39, 0.29) is 10.3 Å². The lowest BCUT2D eigenvalue weighted by molar-refractivity contribution is 0.573. The summed E-state index contributed by atoms with van der Waals surface area (Å²) in [6.07, 6.45) is 0. The van der Waals surface area contributed by atoms with Crippen molar-refractivity contribution >= 4 is 48.1 Å². The maximum atomic E-state index is 12.3. The van der Waals surface area contributed by atoms with E-state index in [4.69, 9.17) is 5.73 Å². The molecule has 3 N–H and O–H groups in total. The number of halogens is 1. The van der Waals surface area contributed by atoms with Crippen LogP contribution in [0, 0.1) is 0 Å². The lowest BCUT2D eigenvalue weighted by Crippen LogP contribution is -2.15. The number of sulfonamides is 1. The number of nitrogen functional groups attached to an aromatic ring is 1. The summed E-state index contributed by atoms with van der Waals surface area (Å²) in [6.45, 7) is 6.08. The Morgan fingerprint density at radius 1 is 1.33 bits per heavy atom. The second-order valence-electron chi connectivity index (χ2n) is 5.58. The second-order valence-corrected chi connectivity index (χ2v) is 8.97. The third kappa shape index (κ3) is 3.75. The summed E-state index contributed by atoms with van der Waals surface area (Å²) in [5.74, 6) is 0. The fourth-order valence-corrected chi connectivity index (χ4v) is 4.26.